The second kappa shape index (κ2) is 6.13. The van der Waals surface area contributed by atoms with Crippen molar-refractivity contribution in [2.45, 2.75) is 32.2 Å². The van der Waals surface area contributed by atoms with E-state index in [0.29, 0.717) is 18.3 Å². The molecule has 3 heterocycles. The van der Waals surface area contributed by atoms with Gasteiger partial charge >= 0.3 is 0 Å². The predicted molar refractivity (Wildman–Crippen MR) is 95.0 cm³/mol. The summed E-state index contributed by atoms with van der Waals surface area (Å²) in [5.41, 5.74) is 3.05. The van der Waals surface area contributed by atoms with E-state index in [1.807, 2.05) is 37.1 Å². The monoisotopic (exact) mass is 340 g/mol. The third-order valence-electron chi connectivity index (χ3n) is 5.19. The number of nitrogens with zero attached hydrogens (tertiary/aromatic N) is 6. The van der Waals surface area contributed by atoms with Crippen molar-refractivity contribution in [3.63, 3.8) is 0 Å². The Bertz CT molecular complexity index is 808. The van der Waals surface area contributed by atoms with Gasteiger partial charge in [0.05, 0.1) is 24.0 Å². The van der Waals surface area contributed by atoms with Gasteiger partial charge in [-0.2, -0.15) is 5.10 Å². The fourth-order valence-corrected chi connectivity index (χ4v) is 3.53. The standard InChI is InChI=1S/C18H24N6O/c1-22(2)17-14-11-24(18(25)12-5-4-6-12)8-7-15(14)20-16(21-17)13-9-19-23(3)10-13/h9-10,12H,4-8,11H2,1-3H3. The Hall–Kier alpha value is -2.44. The molecule has 4 rings (SSSR count). The van der Waals surface area contributed by atoms with E-state index >= 15 is 0 Å². The average molecular weight is 340 g/mol. The second-order valence-electron chi connectivity index (χ2n) is 7.23. The van der Waals surface area contributed by atoms with Gasteiger partial charge in [0.2, 0.25) is 5.91 Å². The molecule has 1 aliphatic carbocycles. The predicted octanol–water partition coefficient (Wildman–Crippen LogP) is 1.63. The van der Waals surface area contributed by atoms with Gasteiger partial charge in [-0.25, -0.2) is 9.97 Å². The number of fused-ring (bicyclic) bond motifs is 1. The number of hydrogen-bond donors (Lipinski definition) is 0. The first-order valence-electron chi connectivity index (χ1n) is 8.88. The molecule has 0 unspecified atom stereocenters. The summed E-state index contributed by atoms with van der Waals surface area (Å²) in [5, 5.41) is 4.22. The summed E-state index contributed by atoms with van der Waals surface area (Å²) >= 11 is 0. The number of carbonyl (C=O) groups is 1. The van der Waals surface area contributed by atoms with Crippen molar-refractivity contribution in [3.05, 3.63) is 23.7 Å². The summed E-state index contributed by atoms with van der Waals surface area (Å²) in [4.78, 5) is 26.2. The van der Waals surface area contributed by atoms with Gasteiger partial charge in [-0.05, 0) is 12.8 Å². The van der Waals surface area contributed by atoms with E-state index in [9.17, 15) is 4.79 Å². The summed E-state index contributed by atoms with van der Waals surface area (Å²) in [7, 11) is 5.86. The molecule has 0 atom stereocenters. The molecular formula is C18H24N6O. The molecule has 0 spiro atoms. The molecule has 1 fully saturated rings. The molecule has 1 saturated carbocycles. The number of aryl methyl sites for hydroxylation is 1. The van der Waals surface area contributed by atoms with Crippen LogP contribution in [-0.4, -0.2) is 51.2 Å². The molecule has 0 N–H and O–H groups in total. The van der Waals surface area contributed by atoms with E-state index < -0.39 is 0 Å². The van der Waals surface area contributed by atoms with E-state index in [1.54, 1.807) is 10.9 Å². The van der Waals surface area contributed by atoms with Crippen LogP contribution in [0.25, 0.3) is 11.4 Å². The van der Waals surface area contributed by atoms with Gasteiger partial charge in [0.25, 0.3) is 0 Å². The molecule has 2 aliphatic rings. The van der Waals surface area contributed by atoms with Gasteiger partial charge in [-0.15, -0.1) is 0 Å². The molecule has 1 amide bonds. The van der Waals surface area contributed by atoms with E-state index in [-0.39, 0.29) is 5.92 Å². The summed E-state index contributed by atoms with van der Waals surface area (Å²) in [6.07, 6.45) is 7.76. The van der Waals surface area contributed by atoms with E-state index in [1.165, 1.54) is 6.42 Å². The van der Waals surface area contributed by atoms with Crippen LogP contribution in [0.2, 0.25) is 0 Å². The molecule has 0 aromatic carbocycles. The van der Waals surface area contributed by atoms with E-state index in [2.05, 4.69) is 5.10 Å². The maximum absolute atomic E-state index is 12.6. The lowest BCUT2D eigenvalue weighted by Crippen LogP contribution is -2.42. The summed E-state index contributed by atoms with van der Waals surface area (Å²) < 4.78 is 1.76. The lowest BCUT2D eigenvalue weighted by molar-refractivity contribution is -0.139. The number of amides is 1. The van der Waals surface area contributed by atoms with Gasteiger partial charge in [0, 0.05) is 51.8 Å². The highest BCUT2D eigenvalue weighted by Crippen LogP contribution is 2.32. The minimum atomic E-state index is 0.236. The largest absolute Gasteiger partial charge is 0.362 e. The van der Waals surface area contributed by atoms with Gasteiger partial charge in [0.15, 0.2) is 5.82 Å². The fraction of sp³-hybridized carbons (Fsp3) is 0.556. The molecule has 7 heteroatoms. The second-order valence-corrected chi connectivity index (χ2v) is 7.23. The minimum Gasteiger partial charge on any atom is -0.362 e. The number of anilines is 1. The topological polar surface area (TPSA) is 67.2 Å². The maximum Gasteiger partial charge on any atom is 0.225 e. The van der Waals surface area contributed by atoms with Crippen molar-refractivity contribution < 1.29 is 4.79 Å². The van der Waals surface area contributed by atoms with Crippen molar-refractivity contribution in [2.24, 2.45) is 13.0 Å². The van der Waals surface area contributed by atoms with Crippen LogP contribution in [0.5, 0.6) is 0 Å². The van der Waals surface area contributed by atoms with Crippen LogP contribution >= 0.6 is 0 Å². The molecule has 1 aliphatic heterocycles. The zero-order valence-corrected chi connectivity index (χ0v) is 15.1. The van der Waals surface area contributed by atoms with Crippen LogP contribution in [0.4, 0.5) is 5.82 Å². The lowest BCUT2D eigenvalue weighted by Gasteiger charge is -2.35. The third-order valence-corrected chi connectivity index (χ3v) is 5.19. The van der Waals surface area contributed by atoms with E-state index in [0.717, 1.165) is 48.4 Å². The molecular weight excluding hydrogens is 316 g/mol. The molecule has 2 aromatic heterocycles. The number of aromatic nitrogens is 4. The summed E-state index contributed by atoms with van der Waals surface area (Å²) in [6, 6.07) is 0. The van der Waals surface area contributed by atoms with Crippen LogP contribution in [0.3, 0.4) is 0 Å². The van der Waals surface area contributed by atoms with Crippen molar-refractivity contribution in [3.8, 4) is 11.4 Å². The fourth-order valence-electron chi connectivity index (χ4n) is 3.53. The highest BCUT2D eigenvalue weighted by Gasteiger charge is 2.33. The van der Waals surface area contributed by atoms with Crippen LogP contribution in [0.15, 0.2) is 12.4 Å². The first kappa shape index (κ1) is 16.1. The quantitative estimate of drug-likeness (QED) is 0.849. The van der Waals surface area contributed by atoms with Gasteiger partial charge in [-0.3, -0.25) is 9.48 Å². The zero-order chi connectivity index (χ0) is 17.6. The highest BCUT2D eigenvalue weighted by molar-refractivity contribution is 5.80. The Morgan fingerprint density at radius 3 is 2.68 bits per heavy atom. The van der Waals surface area contributed by atoms with Gasteiger partial charge in [0.1, 0.15) is 5.82 Å². The first-order valence-corrected chi connectivity index (χ1v) is 8.88. The Morgan fingerprint density at radius 1 is 1.28 bits per heavy atom. The molecule has 0 bridgehead atoms. The SMILES string of the molecule is CN(C)c1nc(-c2cnn(C)c2)nc2c1CN(C(=O)C1CCC1)CC2. The average Bonchev–Trinajstić information content (AvgIpc) is 2.98. The normalized spacial score (nSPS) is 17.2. The molecule has 7 nitrogen and oxygen atoms in total. The van der Waals surface area contributed by atoms with Gasteiger partial charge in [-0.1, -0.05) is 6.42 Å². The summed E-state index contributed by atoms with van der Waals surface area (Å²) in [6.45, 7) is 1.37. The highest BCUT2D eigenvalue weighted by atomic mass is 16.2. The Balaban J connectivity index is 1.68. The zero-order valence-electron chi connectivity index (χ0n) is 15.1. The molecule has 132 valence electrons. The van der Waals surface area contributed by atoms with Crippen LogP contribution < -0.4 is 4.90 Å². The molecule has 2 aromatic rings. The van der Waals surface area contributed by atoms with Crippen molar-refractivity contribution in [2.75, 3.05) is 25.5 Å². The number of rotatable bonds is 3. The number of hydrogen-bond acceptors (Lipinski definition) is 5. The molecule has 0 radical (unpaired) electrons. The van der Waals surface area contributed by atoms with Crippen molar-refractivity contribution in [1.82, 2.24) is 24.6 Å². The summed E-state index contributed by atoms with van der Waals surface area (Å²) in [5.74, 6) is 2.14. The van der Waals surface area contributed by atoms with Crippen LogP contribution in [0.1, 0.15) is 30.5 Å². The Labute approximate surface area is 147 Å². The van der Waals surface area contributed by atoms with Crippen molar-refractivity contribution >= 4 is 11.7 Å². The first-order chi connectivity index (χ1) is 12.0. The van der Waals surface area contributed by atoms with E-state index in [4.69, 9.17) is 9.97 Å². The molecule has 25 heavy (non-hydrogen) atoms. The number of carbonyl (C=O) groups excluding carboxylic acids is 1. The minimum absolute atomic E-state index is 0.236. The Morgan fingerprint density at radius 2 is 2.08 bits per heavy atom. The van der Waals surface area contributed by atoms with Gasteiger partial charge < -0.3 is 9.80 Å². The third kappa shape index (κ3) is 2.88. The smallest absolute Gasteiger partial charge is 0.225 e. The van der Waals surface area contributed by atoms with Crippen LogP contribution in [0, 0.1) is 5.92 Å². The Kier molecular flexibility index (Phi) is 3.94. The maximum atomic E-state index is 12.6. The molecule has 0 saturated heterocycles. The lowest BCUT2D eigenvalue weighted by atomic mass is 9.84. The van der Waals surface area contributed by atoms with Crippen molar-refractivity contribution in [1.29, 1.82) is 0 Å². The van der Waals surface area contributed by atoms with Crippen LogP contribution in [-0.2, 0) is 24.8 Å².